The van der Waals surface area contributed by atoms with Gasteiger partial charge < -0.3 is 0 Å². The Labute approximate surface area is 140 Å². The molecule has 0 saturated heterocycles. The lowest BCUT2D eigenvalue weighted by atomic mass is 10.00. The molecule has 1 amide bonds. The number of amides is 1. The summed E-state index contributed by atoms with van der Waals surface area (Å²) in [5.74, 6) is -0.743. The summed E-state index contributed by atoms with van der Waals surface area (Å²) in [6.45, 7) is 0. The lowest BCUT2D eigenvalue weighted by molar-refractivity contribution is -0.137. The van der Waals surface area contributed by atoms with Crippen LogP contribution in [0.3, 0.4) is 0 Å². The van der Waals surface area contributed by atoms with Gasteiger partial charge in [0.15, 0.2) is 0 Å². The third-order valence-electron chi connectivity index (χ3n) is 3.61. The van der Waals surface area contributed by atoms with E-state index in [0.717, 1.165) is 12.1 Å². The van der Waals surface area contributed by atoms with Crippen LogP contribution in [0.1, 0.15) is 16.1 Å². The van der Waals surface area contributed by atoms with E-state index in [1.54, 1.807) is 30.3 Å². The standard InChI is InChI=1S/C17H12F3N3O2/c18-17(19,20)13-6-2-4-11(8-13)10-3-1-5-12(7-10)14-9-15(22-21-14)16(24)23-25/h1-9,25H,(H,21,22)(H,23,24). The first-order valence-electron chi connectivity index (χ1n) is 7.16. The Bertz CT molecular complexity index is 919. The SMILES string of the molecule is O=C(NO)c1cc(-c2cccc(-c3cccc(C(F)(F)F)c3)c2)n[nH]1. The average Bonchev–Trinajstić information content (AvgIpc) is 3.11. The number of nitrogens with zero attached hydrogens (tertiary/aromatic N) is 1. The minimum absolute atomic E-state index is 0.0574. The summed E-state index contributed by atoms with van der Waals surface area (Å²) in [7, 11) is 0. The molecule has 1 heterocycles. The number of carbonyl (C=O) groups excluding carboxylic acids is 1. The number of alkyl halides is 3. The smallest absolute Gasteiger partial charge is 0.288 e. The molecule has 8 heteroatoms. The summed E-state index contributed by atoms with van der Waals surface area (Å²) in [5.41, 5.74) is 2.86. The number of rotatable bonds is 3. The van der Waals surface area contributed by atoms with Crippen molar-refractivity contribution in [1.82, 2.24) is 15.7 Å². The number of benzene rings is 2. The maximum atomic E-state index is 12.9. The highest BCUT2D eigenvalue weighted by molar-refractivity contribution is 5.92. The number of carbonyl (C=O) groups is 1. The zero-order valence-corrected chi connectivity index (χ0v) is 12.6. The van der Waals surface area contributed by atoms with Crippen molar-refractivity contribution < 1.29 is 23.2 Å². The van der Waals surface area contributed by atoms with E-state index in [1.807, 2.05) is 0 Å². The summed E-state index contributed by atoms with van der Waals surface area (Å²) < 4.78 is 38.6. The molecular formula is C17H12F3N3O2. The Hall–Kier alpha value is -3.13. The van der Waals surface area contributed by atoms with Crippen LogP contribution in [0.25, 0.3) is 22.4 Å². The Morgan fingerprint density at radius 2 is 1.64 bits per heavy atom. The molecule has 0 spiro atoms. The van der Waals surface area contributed by atoms with Gasteiger partial charge in [0.25, 0.3) is 5.91 Å². The van der Waals surface area contributed by atoms with Crippen molar-refractivity contribution >= 4 is 5.91 Å². The molecule has 0 aliphatic heterocycles. The van der Waals surface area contributed by atoms with Gasteiger partial charge in [-0.25, -0.2) is 5.48 Å². The van der Waals surface area contributed by atoms with E-state index in [9.17, 15) is 18.0 Å². The van der Waals surface area contributed by atoms with Crippen molar-refractivity contribution in [3.05, 3.63) is 65.9 Å². The van der Waals surface area contributed by atoms with Crippen LogP contribution >= 0.6 is 0 Å². The van der Waals surface area contributed by atoms with Crippen molar-refractivity contribution in [2.45, 2.75) is 6.18 Å². The Morgan fingerprint density at radius 3 is 2.32 bits per heavy atom. The number of hydrogen-bond acceptors (Lipinski definition) is 3. The highest BCUT2D eigenvalue weighted by Crippen LogP contribution is 2.33. The van der Waals surface area contributed by atoms with Crippen LogP contribution in [-0.2, 0) is 6.18 Å². The van der Waals surface area contributed by atoms with E-state index in [1.165, 1.54) is 17.6 Å². The van der Waals surface area contributed by atoms with Crippen molar-refractivity contribution in [3.63, 3.8) is 0 Å². The fourth-order valence-electron chi connectivity index (χ4n) is 2.38. The number of aromatic nitrogens is 2. The molecule has 0 bridgehead atoms. The molecule has 0 fully saturated rings. The van der Waals surface area contributed by atoms with Gasteiger partial charge in [0, 0.05) is 5.56 Å². The Balaban J connectivity index is 1.97. The number of hydroxylamine groups is 1. The van der Waals surface area contributed by atoms with Crippen LogP contribution in [0.15, 0.2) is 54.6 Å². The summed E-state index contributed by atoms with van der Waals surface area (Å²) in [4.78, 5) is 11.3. The largest absolute Gasteiger partial charge is 0.416 e. The van der Waals surface area contributed by atoms with Gasteiger partial charge in [0.1, 0.15) is 5.69 Å². The summed E-state index contributed by atoms with van der Waals surface area (Å²) in [6, 6.07) is 13.2. The van der Waals surface area contributed by atoms with Crippen LogP contribution in [0.5, 0.6) is 0 Å². The fraction of sp³-hybridized carbons (Fsp3) is 0.0588. The minimum atomic E-state index is -4.41. The van der Waals surface area contributed by atoms with Gasteiger partial charge in [-0.15, -0.1) is 0 Å². The Morgan fingerprint density at radius 1 is 1.00 bits per heavy atom. The Kier molecular flexibility index (Phi) is 4.28. The molecule has 3 rings (SSSR count). The normalized spacial score (nSPS) is 11.4. The first-order chi connectivity index (χ1) is 11.9. The van der Waals surface area contributed by atoms with E-state index >= 15 is 0 Å². The number of aromatic amines is 1. The molecule has 5 nitrogen and oxygen atoms in total. The molecule has 0 aliphatic carbocycles. The van der Waals surface area contributed by atoms with E-state index in [-0.39, 0.29) is 5.69 Å². The summed E-state index contributed by atoms with van der Waals surface area (Å²) in [5, 5.41) is 15.1. The third kappa shape index (κ3) is 3.53. The zero-order chi connectivity index (χ0) is 18.0. The molecule has 3 N–H and O–H groups in total. The van der Waals surface area contributed by atoms with Gasteiger partial charge in [0.2, 0.25) is 0 Å². The molecule has 3 aromatic rings. The van der Waals surface area contributed by atoms with Gasteiger partial charge in [-0.3, -0.25) is 15.1 Å². The van der Waals surface area contributed by atoms with Crippen molar-refractivity contribution in [2.24, 2.45) is 0 Å². The van der Waals surface area contributed by atoms with Crippen LogP contribution in [-0.4, -0.2) is 21.3 Å². The number of halogens is 3. The minimum Gasteiger partial charge on any atom is -0.288 e. The molecule has 0 aliphatic rings. The molecular weight excluding hydrogens is 335 g/mol. The first-order valence-corrected chi connectivity index (χ1v) is 7.16. The van der Waals surface area contributed by atoms with Gasteiger partial charge in [0.05, 0.1) is 11.3 Å². The van der Waals surface area contributed by atoms with Gasteiger partial charge in [-0.2, -0.15) is 18.3 Å². The molecule has 0 radical (unpaired) electrons. The van der Waals surface area contributed by atoms with Crippen molar-refractivity contribution in [2.75, 3.05) is 0 Å². The second kappa shape index (κ2) is 6.40. The van der Waals surface area contributed by atoms with Crippen LogP contribution in [0.4, 0.5) is 13.2 Å². The molecule has 0 unspecified atom stereocenters. The van der Waals surface area contributed by atoms with E-state index in [0.29, 0.717) is 22.4 Å². The number of hydrogen-bond donors (Lipinski definition) is 3. The maximum Gasteiger partial charge on any atom is 0.416 e. The topological polar surface area (TPSA) is 78.0 Å². The molecule has 25 heavy (non-hydrogen) atoms. The summed E-state index contributed by atoms with van der Waals surface area (Å²) in [6.07, 6.45) is -4.41. The molecule has 0 atom stereocenters. The summed E-state index contributed by atoms with van der Waals surface area (Å²) >= 11 is 0. The van der Waals surface area contributed by atoms with E-state index < -0.39 is 17.6 Å². The number of nitrogens with one attached hydrogen (secondary N) is 2. The second-order valence-corrected chi connectivity index (χ2v) is 5.27. The lowest BCUT2D eigenvalue weighted by Gasteiger charge is -2.09. The van der Waals surface area contributed by atoms with Crippen LogP contribution in [0.2, 0.25) is 0 Å². The van der Waals surface area contributed by atoms with E-state index in [4.69, 9.17) is 5.21 Å². The average molecular weight is 347 g/mol. The van der Waals surface area contributed by atoms with Crippen LogP contribution < -0.4 is 5.48 Å². The van der Waals surface area contributed by atoms with Gasteiger partial charge in [-0.1, -0.05) is 30.3 Å². The molecule has 0 saturated carbocycles. The van der Waals surface area contributed by atoms with Crippen LogP contribution in [0, 0.1) is 0 Å². The second-order valence-electron chi connectivity index (χ2n) is 5.27. The van der Waals surface area contributed by atoms with Gasteiger partial charge in [-0.05, 0) is 35.4 Å². The molecule has 128 valence electrons. The van der Waals surface area contributed by atoms with Crippen molar-refractivity contribution in [3.8, 4) is 22.4 Å². The zero-order valence-electron chi connectivity index (χ0n) is 12.6. The predicted molar refractivity (Wildman–Crippen MR) is 83.7 cm³/mol. The quantitative estimate of drug-likeness (QED) is 0.497. The third-order valence-corrected chi connectivity index (χ3v) is 3.61. The molecule has 2 aromatic carbocycles. The first kappa shape index (κ1) is 16.7. The lowest BCUT2D eigenvalue weighted by Crippen LogP contribution is -2.18. The maximum absolute atomic E-state index is 12.9. The highest BCUT2D eigenvalue weighted by Gasteiger charge is 2.30. The monoisotopic (exact) mass is 347 g/mol. The number of H-pyrrole nitrogens is 1. The molecule has 1 aromatic heterocycles. The fourth-order valence-corrected chi connectivity index (χ4v) is 2.38. The predicted octanol–water partition coefficient (Wildman–Crippen LogP) is 3.88. The van der Waals surface area contributed by atoms with Gasteiger partial charge >= 0.3 is 6.18 Å². The highest BCUT2D eigenvalue weighted by atomic mass is 19.4. The van der Waals surface area contributed by atoms with E-state index in [2.05, 4.69) is 10.2 Å². The van der Waals surface area contributed by atoms with Crippen molar-refractivity contribution in [1.29, 1.82) is 0 Å².